The highest BCUT2D eigenvalue weighted by Crippen LogP contribution is 2.45. The quantitative estimate of drug-likeness (QED) is 0.0450. The van der Waals surface area contributed by atoms with Gasteiger partial charge in [0.05, 0.1) is 53.0 Å². The molecule has 0 bridgehead atoms. The van der Waals surface area contributed by atoms with E-state index in [2.05, 4.69) is 21.8 Å². The number of benzene rings is 5. The second-order valence-electron chi connectivity index (χ2n) is 12.9. The van der Waals surface area contributed by atoms with E-state index in [9.17, 15) is 14.4 Å². The average Bonchev–Trinajstić information content (AvgIpc) is 3.24. The van der Waals surface area contributed by atoms with Crippen LogP contribution in [0.5, 0.6) is 0 Å². The summed E-state index contributed by atoms with van der Waals surface area (Å²) in [5, 5.41) is 1.88. The molecule has 8 nitrogen and oxygen atoms in total. The minimum atomic E-state index is -0.993. The zero-order valence-electron chi connectivity index (χ0n) is 31.2. The summed E-state index contributed by atoms with van der Waals surface area (Å²) in [7, 11) is 0. The minimum Gasteiger partial charge on any atom is -0.462 e. The van der Waals surface area contributed by atoms with Gasteiger partial charge in [0.15, 0.2) is 0 Å². The molecular weight excluding hydrogens is 701 g/mol. The van der Waals surface area contributed by atoms with E-state index in [1.807, 2.05) is 91.0 Å². The van der Waals surface area contributed by atoms with E-state index in [1.165, 1.54) is 0 Å². The lowest BCUT2D eigenvalue weighted by atomic mass is 9.65. The number of ether oxygens (including phenoxy) is 3. The molecule has 0 aliphatic heterocycles. The fourth-order valence-corrected chi connectivity index (χ4v) is 7.04. The third kappa shape index (κ3) is 7.23. The monoisotopic (exact) mass is 738 g/mol. The van der Waals surface area contributed by atoms with E-state index >= 15 is 0 Å². The Morgan fingerprint density at radius 3 is 1.38 bits per heavy atom. The molecule has 0 aliphatic carbocycles. The van der Waals surface area contributed by atoms with Crippen LogP contribution in [0, 0.1) is 11.8 Å². The summed E-state index contributed by atoms with van der Waals surface area (Å²) in [6.07, 6.45) is 3.53. The number of esters is 3. The topological polar surface area (TPSA) is 105 Å². The fraction of sp³-hybridized carbons (Fsp3) is 0.146. The second-order valence-corrected chi connectivity index (χ2v) is 12.9. The van der Waals surface area contributed by atoms with Crippen LogP contribution in [0.15, 0.2) is 140 Å². The lowest BCUT2D eigenvalue weighted by molar-refractivity contribution is 0.0517. The van der Waals surface area contributed by atoms with Gasteiger partial charge in [-0.05, 0) is 116 Å². The highest BCUT2D eigenvalue weighted by Gasteiger charge is 2.39. The molecule has 0 atom stereocenters. The predicted octanol–water partition coefficient (Wildman–Crippen LogP) is 9.10. The van der Waals surface area contributed by atoms with Crippen molar-refractivity contribution in [1.82, 2.24) is 9.97 Å². The van der Waals surface area contributed by atoms with Gasteiger partial charge in [0.2, 0.25) is 0 Å². The van der Waals surface area contributed by atoms with Crippen LogP contribution in [0.2, 0.25) is 0 Å². The van der Waals surface area contributed by atoms with Gasteiger partial charge in [-0.2, -0.15) is 0 Å². The van der Waals surface area contributed by atoms with Crippen molar-refractivity contribution < 1.29 is 28.6 Å². The number of hydrogen-bond donors (Lipinski definition) is 0. The summed E-state index contributed by atoms with van der Waals surface area (Å²) < 4.78 is 15.9. The van der Waals surface area contributed by atoms with Crippen LogP contribution in [0.25, 0.3) is 21.8 Å². The van der Waals surface area contributed by atoms with Crippen molar-refractivity contribution in [2.75, 3.05) is 19.8 Å². The Morgan fingerprint density at radius 1 is 0.518 bits per heavy atom. The second kappa shape index (κ2) is 16.5. The molecule has 5 aromatic carbocycles. The maximum atomic E-state index is 12.7. The van der Waals surface area contributed by atoms with Crippen LogP contribution >= 0.6 is 0 Å². The number of nitrogens with zero attached hydrogens (tertiary/aromatic N) is 2. The van der Waals surface area contributed by atoms with Gasteiger partial charge in [-0.3, -0.25) is 9.97 Å². The highest BCUT2D eigenvalue weighted by molar-refractivity contribution is 6.05. The number of fused-ring (bicyclic) bond motifs is 3. The van der Waals surface area contributed by atoms with E-state index in [0.29, 0.717) is 16.7 Å². The zero-order chi connectivity index (χ0) is 39.1. The van der Waals surface area contributed by atoms with Gasteiger partial charge in [0.25, 0.3) is 0 Å². The molecule has 0 saturated heterocycles. The summed E-state index contributed by atoms with van der Waals surface area (Å²) in [6, 6.07) is 39.8. The molecule has 2 aromatic heterocycles. The molecule has 7 aromatic rings. The van der Waals surface area contributed by atoms with Crippen LogP contribution < -0.4 is 0 Å². The van der Waals surface area contributed by atoms with E-state index in [1.54, 1.807) is 69.6 Å². The molecule has 0 amide bonds. The first-order valence-corrected chi connectivity index (χ1v) is 18.4. The summed E-state index contributed by atoms with van der Waals surface area (Å²) in [5.41, 5.74) is 6.90. The maximum Gasteiger partial charge on any atom is 0.338 e. The molecule has 56 heavy (non-hydrogen) atoms. The molecule has 0 aliphatic rings. The van der Waals surface area contributed by atoms with Gasteiger partial charge in [-0.25, -0.2) is 14.4 Å². The van der Waals surface area contributed by atoms with Gasteiger partial charge >= 0.3 is 17.9 Å². The van der Waals surface area contributed by atoms with E-state index in [0.717, 1.165) is 55.2 Å². The molecule has 0 N–H and O–H groups in total. The molecule has 2 heterocycles. The Bertz CT molecular complexity index is 2460. The van der Waals surface area contributed by atoms with Gasteiger partial charge in [0, 0.05) is 34.3 Å². The number of aromatic nitrogens is 2. The Hall–Kier alpha value is -7.11. The summed E-state index contributed by atoms with van der Waals surface area (Å²) in [5.74, 6) is 5.48. The Balaban J connectivity index is 1.40. The summed E-state index contributed by atoms with van der Waals surface area (Å²) >= 11 is 0. The molecular formula is C48H38N2O6. The Kier molecular flexibility index (Phi) is 11.0. The third-order valence-corrected chi connectivity index (χ3v) is 9.61. The van der Waals surface area contributed by atoms with Crippen LogP contribution in [0.4, 0.5) is 0 Å². The molecule has 0 spiro atoms. The Morgan fingerprint density at radius 2 is 0.929 bits per heavy atom. The average molecular weight is 739 g/mol. The van der Waals surface area contributed by atoms with Gasteiger partial charge < -0.3 is 14.2 Å². The molecule has 7 rings (SSSR count). The van der Waals surface area contributed by atoms with Gasteiger partial charge in [-0.1, -0.05) is 66.4 Å². The fourth-order valence-electron chi connectivity index (χ4n) is 7.04. The number of rotatable bonds is 10. The third-order valence-electron chi connectivity index (χ3n) is 9.61. The number of pyridine rings is 2. The SMILES string of the molecule is CCOC(=O)c1ccc(C(c2ccc(C#Cc3cc4cccnc4c4ncccc34)cc2)(c2ccc(C(=O)OCC)cc2)c2ccc(C(=O)OCC)cc2)cc1. The molecule has 0 unspecified atom stereocenters. The first-order chi connectivity index (χ1) is 27.4. The summed E-state index contributed by atoms with van der Waals surface area (Å²) in [4.78, 5) is 47.4. The molecule has 276 valence electrons. The number of carbonyl (C=O) groups excluding carboxylic acids is 3. The lowest BCUT2D eigenvalue weighted by Gasteiger charge is -2.37. The smallest absolute Gasteiger partial charge is 0.338 e. The van der Waals surface area contributed by atoms with Crippen molar-refractivity contribution in [3.05, 3.63) is 190 Å². The molecule has 8 heteroatoms. The highest BCUT2D eigenvalue weighted by atomic mass is 16.5. The van der Waals surface area contributed by atoms with Crippen molar-refractivity contribution in [2.45, 2.75) is 26.2 Å². The lowest BCUT2D eigenvalue weighted by Crippen LogP contribution is -2.31. The normalized spacial score (nSPS) is 11.1. The van der Waals surface area contributed by atoms with Crippen LogP contribution in [0.3, 0.4) is 0 Å². The van der Waals surface area contributed by atoms with Crippen LogP contribution in [0.1, 0.15) is 85.2 Å². The van der Waals surface area contributed by atoms with E-state index in [4.69, 9.17) is 14.2 Å². The van der Waals surface area contributed by atoms with Gasteiger partial charge in [-0.15, -0.1) is 0 Å². The van der Waals surface area contributed by atoms with Crippen molar-refractivity contribution in [3.63, 3.8) is 0 Å². The zero-order valence-corrected chi connectivity index (χ0v) is 31.2. The first kappa shape index (κ1) is 37.2. The largest absolute Gasteiger partial charge is 0.462 e. The van der Waals surface area contributed by atoms with Crippen molar-refractivity contribution in [2.24, 2.45) is 0 Å². The van der Waals surface area contributed by atoms with E-state index in [-0.39, 0.29) is 19.8 Å². The van der Waals surface area contributed by atoms with Crippen molar-refractivity contribution in [3.8, 4) is 11.8 Å². The summed E-state index contributed by atoms with van der Waals surface area (Å²) in [6.45, 7) is 6.07. The Labute approximate surface area is 325 Å². The number of hydrogen-bond acceptors (Lipinski definition) is 8. The standard InChI is InChI=1S/C48H38N2O6/c1-4-54-45(51)33-15-23-39(24-16-33)48(40-25-17-34(18-26-40)46(52)55-5-2,41-27-19-35(20-28-41)47(53)56-6-3)38-21-12-32(13-22-38)11-14-36-31-37-9-7-29-49-43(37)44-42(36)10-8-30-50-44/h7-10,12-13,15-31H,4-6H2,1-3H3. The predicted molar refractivity (Wildman–Crippen MR) is 216 cm³/mol. The molecule has 0 radical (unpaired) electrons. The van der Waals surface area contributed by atoms with Crippen LogP contribution in [-0.2, 0) is 19.6 Å². The maximum absolute atomic E-state index is 12.7. The minimum absolute atomic E-state index is 0.255. The first-order valence-electron chi connectivity index (χ1n) is 18.4. The van der Waals surface area contributed by atoms with Crippen molar-refractivity contribution >= 4 is 39.7 Å². The molecule has 0 fully saturated rings. The van der Waals surface area contributed by atoms with E-state index < -0.39 is 23.3 Å². The van der Waals surface area contributed by atoms with Crippen molar-refractivity contribution in [1.29, 1.82) is 0 Å². The molecule has 0 saturated carbocycles. The van der Waals surface area contributed by atoms with Gasteiger partial charge in [0.1, 0.15) is 0 Å². The van der Waals surface area contributed by atoms with Crippen LogP contribution in [-0.4, -0.2) is 47.7 Å². The number of carbonyl (C=O) groups is 3.